The highest BCUT2D eigenvalue weighted by Crippen LogP contribution is 2.47. The van der Waals surface area contributed by atoms with Crippen LogP contribution in [0.1, 0.15) is 27.6 Å². The van der Waals surface area contributed by atoms with E-state index in [1.807, 2.05) is 30.3 Å². The summed E-state index contributed by atoms with van der Waals surface area (Å²) < 4.78 is 48.7. The third-order valence-corrected chi connectivity index (χ3v) is 4.99. The van der Waals surface area contributed by atoms with E-state index in [1.54, 1.807) is 0 Å². The van der Waals surface area contributed by atoms with Gasteiger partial charge in [-0.25, -0.2) is 13.2 Å². The lowest BCUT2D eigenvalue weighted by Gasteiger charge is -2.14. The topological polar surface area (TPSA) is 26.3 Å². The van der Waals surface area contributed by atoms with Gasteiger partial charge in [-0.1, -0.05) is 41.9 Å². The van der Waals surface area contributed by atoms with Gasteiger partial charge in [0.1, 0.15) is 17.7 Å². The molecule has 1 heterocycles. The second-order valence-electron chi connectivity index (χ2n) is 6.19. The first-order valence-electron chi connectivity index (χ1n) is 8.17. The van der Waals surface area contributed by atoms with Gasteiger partial charge >= 0.3 is 0 Å². The van der Waals surface area contributed by atoms with Crippen LogP contribution in [0.4, 0.5) is 13.2 Å². The lowest BCUT2D eigenvalue weighted by atomic mass is 9.91. The van der Waals surface area contributed by atoms with Gasteiger partial charge in [-0.15, -0.1) is 0 Å². The molecule has 0 radical (unpaired) electrons. The highest BCUT2D eigenvalue weighted by Gasteiger charge is 2.32. The maximum absolute atomic E-state index is 14.6. The van der Waals surface area contributed by atoms with E-state index in [-0.39, 0.29) is 33.9 Å². The van der Waals surface area contributed by atoms with Gasteiger partial charge in [-0.3, -0.25) is 4.79 Å². The van der Waals surface area contributed by atoms with Crippen LogP contribution in [0.2, 0.25) is 5.02 Å². The smallest absolute Gasteiger partial charge is 0.167 e. The molecule has 0 aromatic heterocycles. The van der Waals surface area contributed by atoms with Crippen LogP contribution in [0.25, 0.3) is 11.1 Å². The number of halogens is 4. The van der Waals surface area contributed by atoms with E-state index in [9.17, 15) is 18.0 Å². The Balaban J connectivity index is 1.94. The molecular formula is C21H12ClF3O2. The van der Waals surface area contributed by atoms with Crippen molar-refractivity contribution in [3.05, 3.63) is 87.7 Å². The van der Waals surface area contributed by atoms with Gasteiger partial charge in [0.2, 0.25) is 0 Å². The molecule has 0 fully saturated rings. The van der Waals surface area contributed by atoms with Crippen molar-refractivity contribution in [1.29, 1.82) is 0 Å². The molecular weight excluding hydrogens is 377 g/mol. The van der Waals surface area contributed by atoms with Crippen molar-refractivity contribution in [3.63, 3.8) is 0 Å². The number of fused-ring (bicyclic) bond motifs is 1. The summed E-state index contributed by atoms with van der Waals surface area (Å²) in [6.07, 6.45) is 0.243. The van der Waals surface area contributed by atoms with Gasteiger partial charge in [-0.05, 0) is 17.7 Å². The average Bonchev–Trinajstić information content (AvgIpc) is 3.10. The van der Waals surface area contributed by atoms with Crippen LogP contribution in [0.3, 0.4) is 0 Å². The van der Waals surface area contributed by atoms with Crippen molar-refractivity contribution in [2.45, 2.75) is 12.5 Å². The Kier molecular flexibility index (Phi) is 4.40. The first kappa shape index (κ1) is 17.6. The number of benzene rings is 3. The van der Waals surface area contributed by atoms with E-state index in [2.05, 4.69) is 0 Å². The molecule has 1 unspecified atom stereocenters. The monoisotopic (exact) mass is 388 g/mol. The van der Waals surface area contributed by atoms with E-state index >= 15 is 0 Å². The molecule has 0 aliphatic carbocycles. The largest absolute Gasteiger partial charge is 0.485 e. The quantitative estimate of drug-likeness (QED) is 0.521. The van der Waals surface area contributed by atoms with Gasteiger partial charge < -0.3 is 4.74 Å². The molecule has 0 amide bonds. The number of ether oxygens (including phenoxy) is 1. The Morgan fingerprint density at radius 2 is 1.74 bits per heavy atom. The SMILES string of the molecule is O=Cc1ccc(F)c(F)c1-c1c(Cl)c(F)cc2c1CC(c1ccccc1)O2. The Hall–Kier alpha value is -2.79. The summed E-state index contributed by atoms with van der Waals surface area (Å²) in [4.78, 5) is 11.4. The maximum atomic E-state index is 14.6. The summed E-state index contributed by atoms with van der Waals surface area (Å²) in [5, 5.41) is -0.376. The molecule has 0 saturated heterocycles. The van der Waals surface area contributed by atoms with E-state index in [0.29, 0.717) is 11.8 Å². The van der Waals surface area contributed by atoms with Crippen LogP contribution in [0.5, 0.6) is 5.75 Å². The fourth-order valence-corrected chi connectivity index (χ4v) is 3.62. The van der Waals surface area contributed by atoms with E-state index < -0.39 is 23.6 Å². The third-order valence-electron chi connectivity index (χ3n) is 4.62. The van der Waals surface area contributed by atoms with E-state index in [1.165, 1.54) is 0 Å². The zero-order valence-electron chi connectivity index (χ0n) is 13.8. The molecule has 6 heteroatoms. The molecule has 0 N–H and O–H groups in total. The van der Waals surface area contributed by atoms with E-state index in [4.69, 9.17) is 16.3 Å². The summed E-state index contributed by atoms with van der Waals surface area (Å²) in [5.41, 5.74) is 0.758. The summed E-state index contributed by atoms with van der Waals surface area (Å²) in [7, 11) is 0. The average molecular weight is 389 g/mol. The van der Waals surface area contributed by atoms with Crippen LogP contribution in [-0.2, 0) is 6.42 Å². The van der Waals surface area contributed by atoms with Crippen molar-refractivity contribution >= 4 is 17.9 Å². The number of carbonyl (C=O) groups is 1. The molecule has 1 aliphatic heterocycles. The van der Waals surface area contributed by atoms with Gasteiger partial charge in [0, 0.05) is 34.7 Å². The fraction of sp³-hybridized carbons (Fsp3) is 0.0952. The molecule has 4 rings (SSSR count). The summed E-state index contributed by atoms with van der Waals surface area (Å²) in [6, 6.07) is 12.4. The number of aldehydes is 1. The van der Waals surface area contributed by atoms with Crippen molar-refractivity contribution in [3.8, 4) is 16.9 Å². The van der Waals surface area contributed by atoms with Crippen molar-refractivity contribution in [2.24, 2.45) is 0 Å². The van der Waals surface area contributed by atoms with Crippen LogP contribution in [0, 0.1) is 17.5 Å². The predicted octanol–water partition coefficient (Wildman–Crippen LogP) is 5.91. The Bertz CT molecular complexity index is 1050. The first-order valence-corrected chi connectivity index (χ1v) is 8.55. The van der Waals surface area contributed by atoms with Crippen LogP contribution >= 0.6 is 11.6 Å². The minimum Gasteiger partial charge on any atom is -0.485 e. The second kappa shape index (κ2) is 6.74. The molecule has 0 spiro atoms. The minimum absolute atomic E-state index is 0.0517. The van der Waals surface area contributed by atoms with Crippen molar-refractivity contribution < 1.29 is 22.7 Å². The Labute approximate surface area is 158 Å². The molecule has 3 aromatic rings. The van der Waals surface area contributed by atoms with Gasteiger partial charge in [0.25, 0.3) is 0 Å². The number of hydrogen-bond acceptors (Lipinski definition) is 2. The lowest BCUT2D eigenvalue weighted by molar-refractivity contribution is 0.112. The normalized spacial score (nSPS) is 15.3. The minimum atomic E-state index is -1.25. The summed E-state index contributed by atoms with van der Waals surface area (Å²) >= 11 is 6.12. The second-order valence-corrected chi connectivity index (χ2v) is 6.57. The Morgan fingerprint density at radius 3 is 2.44 bits per heavy atom. The van der Waals surface area contributed by atoms with Gasteiger partial charge in [0.05, 0.1) is 5.02 Å². The van der Waals surface area contributed by atoms with Crippen molar-refractivity contribution in [2.75, 3.05) is 0 Å². The van der Waals surface area contributed by atoms with E-state index in [0.717, 1.165) is 23.8 Å². The number of rotatable bonds is 3. The molecule has 2 nitrogen and oxygen atoms in total. The molecule has 27 heavy (non-hydrogen) atoms. The predicted molar refractivity (Wildman–Crippen MR) is 95.7 cm³/mol. The molecule has 1 aliphatic rings. The van der Waals surface area contributed by atoms with Crippen LogP contribution in [0.15, 0.2) is 48.5 Å². The highest BCUT2D eigenvalue weighted by molar-refractivity contribution is 6.34. The fourth-order valence-electron chi connectivity index (χ4n) is 3.36. The summed E-state index contributed by atoms with van der Waals surface area (Å²) in [6.45, 7) is 0. The maximum Gasteiger partial charge on any atom is 0.167 e. The van der Waals surface area contributed by atoms with Crippen molar-refractivity contribution in [1.82, 2.24) is 0 Å². The number of carbonyl (C=O) groups excluding carboxylic acids is 1. The molecule has 0 bridgehead atoms. The lowest BCUT2D eigenvalue weighted by Crippen LogP contribution is -2.03. The van der Waals surface area contributed by atoms with Gasteiger partial charge in [-0.2, -0.15) is 0 Å². The zero-order valence-corrected chi connectivity index (χ0v) is 14.6. The van der Waals surface area contributed by atoms with Crippen LogP contribution in [-0.4, -0.2) is 6.29 Å². The third kappa shape index (κ3) is 2.88. The summed E-state index contributed by atoms with van der Waals surface area (Å²) in [5.74, 6) is -3.04. The van der Waals surface area contributed by atoms with Gasteiger partial charge in [0.15, 0.2) is 17.9 Å². The number of hydrogen-bond donors (Lipinski definition) is 0. The molecule has 136 valence electrons. The standard InChI is InChI=1S/C21H12ClF3O2/c22-20-15(24)9-17-13(8-16(27-17)11-4-2-1-3-5-11)19(20)18-12(10-26)6-7-14(23)21(18)25/h1-7,9-10,16H,8H2. The molecule has 3 aromatic carbocycles. The highest BCUT2D eigenvalue weighted by atomic mass is 35.5. The zero-order chi connectivity index (χ0) is 19.1. The first-order chi connectivity index (χ1) is 13.0. The molecule has 0 saturated carbocycles. The van der Waals surface area contributed by atoms with Crippen LogP contribution < -0.4 is 4.74 Å². The Morgan fingerprint density at radius 1 is 1.00 bits per heavy atom. The molecule has 1 atom stereocenters.